The van der Waals surface area contributed by atoms with E-state index >= 15 is 0 Å². The lowest BCUT2D eigenvalue weighted by molar-refractivity contribution is 0.883. The van der Waals surface area contributed by atoms with Crippen LogP contribution in [0.15, 0.2) is 42.6 Å². The Bertz CT molecular complexity index is 494. The van der Waals surface area contributed by atoms with Gasteiger partial charge in [-0.2, -0.15) is 0 Å². The molecule has 0 spiro atoms. The Morgan fingerprint density at radius 3 is 2.53 bits per heavy atom. The largest absolute Gasteiger partial charge is 0.378 e. The predicted octanol–water partition coefficient (Wildman–Crippen LogP) is 4.22. The predicted molar refractivity (Wildman–Crippen MR) is 72.5 cm³/mol. The molecule has 0 amide bonds. The number of aromatic nitrogens is 1. The van der Waals surface area contributed by atoms with E-state index in [-0.39, 0.29) is 6.04 Å². The molecule has 2 rings (SSSR count). The van der Waals surface area contributed by atoms with Crippen molar-refractivity contribution >= 4 is 17.3 Å². The summed E-state index contributed by atoms with van der Waals surface area (Å²) in [5.74, 6) is 0. The molecule has 1 aromatic carbocycles. The number of anilines is 1. The van der Waals surface area contributed by atoms with Crippen LogP contribution in [0.4, 0.5) is 5.69 Å². The van der Waals surface area contributed by atoms with Gasteiger partial charge in [-0.25, -0.2) is 0 Å². The summed E-state index contributed by atoms with van der Waals surface area (Å²) in [5, 5.41) is 4.20. The summed E-state index contributed by atoms with van der Waals surface area (Å²) in [5.41, 5.74) is 3.31. The molecule has 0 saturated carbocycles. The molecule has 0 fully saturated rings. The summed E-state index contributed by atoms with van der Waals surface area (Å²) in [6.07, 6.45) is 1.81. The van der Waals surface area contributed by atoms with Crippen LogP contribution in [-0.2, 0) is 0 Å². The first-order valence-electron chi connectivity index (χ1n) is 5.60. The fourth-order valence-corrected chi connectivity index (χ4v) is 1.85. The van der Waals surface area contributed by atoms with Crippen molar-refractivity contribution < 1.29 is 0 Å². The maximum absolute atomic E-state index is 5.87. The highest BCUT2D eigenvalue weighted by atomic mass is 35.5. The second-order valence-corrected chi connectivity index (χ2v) is 4.54. The van der Waals surface area contributed by atoms with Crippen LogP contribution >= 0.6 is 11.6 Å². The molecule has 2 nitrogen and oxygen atoms in total. The van der Waals surface area contributed by atoms with E-state index < -0.39 is 0 Å². The number of hydrogen-bond acceptors (Lipinski definition) is 2. The number of hydrogen-bond donors (Lipinski definition) is 1. The maximum Gasteiger partial charge on any atom is 0.0485 e. The van der Waals surface area contributed by atoms with Crippen molar-refractivity contribution in [2.24, 2.45) is 0 Å². The van der Waals surface area contributed by atoms with Crippen LogP contribution in [0.1, 0.15) is 24.2 Å². The van der Waals surface area contributed by atoms with Gasteiger partial charge in [-0.3, -0.25) is 4.98 Å². The monoisotopic (exact) mass is 246 g/mol. The summed E-state index contributed by atoms with van der Waals surface area (Å²) in [6.45, 7) is 4.11. The lowest BCUT2D eigenvalue weighted by Gasteiger charge is -2.15. The first-order valence-corrected chi connectivity index (χ1v) is 5.97. The van der Waals surface area contributed by atoms with Crippen LogP contribution in [0.3, 0.4) is 0 Å². The Hall–Kier alpha value is -1.54. The Morgan fingerprint density at radius 1 is 1.18 bits per heavy atom. The van der Waals surface area contributed by atoms with Gasteiger partial charge in [-0.05, 0) is 43.7 Å². The topological polar surface area (TPSA) is 24.9 Å². The van der Waals surface area contributed by atoms with E-state index in [2.05, 4.69) is 17.2 Å². The minimum absolute atomic E-state index is 0.245. The third-order valence-corrected chi connectivity index (χ3v) is 2.90. The molecule has 1 unspecified atom stereocenters. The van der Waals surface area contributed by atoms with Gasteiger partial charge in [0.15, 0.2) is 0 Å². The van der Waals surface area contributed by atoms with Gasteiger partial charge >= 0.3 is 0 Å². The zero-order valence-electron chi connectivity index (χ0n) is 9.94. The minimum atomic E-state index is 0.245. The van der Waals surface area contributed by atoms with Gasteiger partial charge in [-0.15, -0.1) is 0 Å². The van der Waals surface area contributed by atoms with E-state index in [1.807, 2.05) is 49.5 Å². The fraction of sp³-hybridized carbons (Fsp3) is 0.214. The lowest BCUT2D eigenvalue weighted by Crippen LogP contribution is -2.06. The van der Waals surface area contributed by atoms with Gasteiger partial charge in [0.1, 0.15) is 0 Å². The number of nitrogens with zero attached hydrogens (tertiary/aromatic N) is 1. The van der Waals surface area contributed by atoms with Crippen LogP contribution in [0.5, 0.6) is 0 Å². The van der Waals surface area contributed by atoms with Crippen molar-refractivity contribution in [2.45, 2.75) is 19.9 Å². The van der Waals surface area contributed by atoms with E-state index in [0.717, 1.165) is 16.4 Å². The smallest absolute Gasteiger partial charge is 0.0485 e. The standard InChI is InChI=1S/C14H15ClN2/c1-10-9-14(7-8-16-10)17-11(2)12-3-5-13(15)6-4-12/h3-9,11H,1-2H3,(H,16,17). The van der Waals surface area contributed by atoms with E-state index in [9.17, 15) is 0 Å². The molecule has 0 aliphatic carbocycles. The highest BCUT2D eigenvalue weighted by molar-refractivity contribution is 6.30. The van der Waals surface area contributed by atoms with Gasteiger partial charge in [-0.1, -0.05) is 23.7 Å². The molecule has 1 atom stereocenters. The molecule has 0 radical (unpaired) electrons. The average molecular weight is 247 g/mol. The number of rotatable bonds is 3. The molecule has 88 valence electrons. The van der Waals surface area contributed by atoms with Crippen molar-refractivity contribution in [2.75, 3.05) is 5.32 Å². The van der Waals surface area contributed by atoms with Crippen molar-refractivity contribution in [3.05, 3.63) is 58.9 Å². The van der Waals surface area contributed by atoms with E-state index in [1.54, 1.807) is 0 Å². The molecule has 3 heteroatoms. The normalized spacial score (nSPS) is 12.2. The van der Waals surface area contributed by atoms with E-state index in [4.69, 9.17) is 11.6 Å². The van der Waals surface area contributed by atoms with Crippen molar-refractivity contribution in [1.29, 1.82) is 0 Å². The lowest BCUT2D eigenvalue weighted by atomic mass is 10.1. The van der Waals surface area contributed by atoms with Crippen LogP contribution < -0.4 is 5.32 Å². The molecule has 0 aliphatic heterocycles. The molecule has 17 heavy (non-hydrogen) atoms. The number of halogens is 1. The second-order valence-electron chi connectivity index (χ2n) is 4.10. The summed E-state index contributed by atoms with van der Waals surface area (Å²) in [6, 6.07) is 12.1. The zero-order valence-corrected chi connectivity index (χ0v) is 10.7. The summed E-state index contributed by atoms with van der Waals surface area (Å²) < 4.78 is 0. The first-order chi connectivity index (χ1) is 8.15. The highest BCUT2D eigenvalue weighted by Gasteiger charge is 2.05. The molecule has 0 saturated heterocycles. The van der Waals surface area contributed by atoms with Crippen molar-refractivity contribution in [3.8, 4) is 0 Å². The van der Waals surface area contributed by atoms with Gasteiger partial charge in [0.05, 0.1) is 0 Å². The quantitative estimate of drug-likeness (QED) is 0.877. The molecule has 0 aliphatic rings. The maximum atomic E-state index is 5.87. The fourth-order valence-electron chi connectivity index (χ4n) is 1.72. The van der Waals surface area contributed by atoms with Crippen LogP contribution in [-0.4, -0.2) is 4.98 Å². The summed E-state index contributed by atoms with van der Waals surface area (Å²) >= 11 is 5.87. The average Bonchev–Trinajstić information content (AvgIpc) is 2.29. The number of benzene rings is 1. The number of nitrogens with one attached hydrogen (secondary N) is 1. The van der Waals surface area contributed by atoms with Crippen LogP contribution in [0.2, 0.25) is 5.02 Å². The van der Waals surface area contributed by atoms with E-state index in [1.165, 1.54) is 5.56 Å². The third kappa shape index (κ3) is 3.21. The molecule has 2 aromatic rings. The van der Waals surface area contributed by atoms with Crippen molar-refractivity contribution in [3.63, 3.8) is 0 Å². The van der Waals surface area contributed by atoms with Crippen molar-refractivity contribution in [1.82, 2.24) is 4.98 Å². The van der Waals surface area contributed by atoms with Gasteiger partial charge in [0, 0.05) is 28.6 Å². The zero-order chi connectivity index (χ0) is 12.3. The molecular formula is C14H15ClN2. The molecule has 1 aromatic heterocycles. The molecule has 1 heterocycles. The summed E-state index contributed by atoms with van der Waals surface area (Å²) in [4.78, 5) is 4.17. The Labute approximate surface area is 107 Å². The highest BCUT2D eigenvalue weighted by Crippen LogP contribution is 2.20. The second kappa shape index (κ2) is 5.19. The molecule has 0 bridgehead atoms. The third-order valence-electron chi connectivity index (χ3n) is 2.65. The Morgan fingerprint density at radius 2 is 1.88 bits per heavy atom. The van der Waals surface area contributed by atoms with Gasteiger partial charge in [0.25, 0.3) is 0 Å². The van der Waals surface area contributed by atoms with Gasteiger partial charge in [0.2, 0.25) is 0 Å². The van der Waals surface area contributed by atoms with Gasteiger partial charge < -0.3 is 5.32 Å². The number of pyridine rings is 1. The Balaban J connectivity index is 2.11. The van der Waals surface area contributed by atoms with E-state index in [0.29, 0.717) is 0 Å². The Kier molecular flexibility index (Phi) is 3.64. The van der Waals surface area contributed by atoms with Crippen LogP contribution in [0, 0.1) is 6.92 Å². The number of aryl methyl sites for hydroxylation is 1. The summed E-state index contributed by atoms with van der Waals surface area (Å²) in [7, 11) is 0. The first kappa shape index (κ1) is 11.9. The molecule has 1 N–H and O–H groups in total. The van der Waals surface area contributed by atoms with Crippen LogP contribution in [0.25, 0.3) is 0 Å². The minimum Gasteiger partial charge on any atom is -0.378 e. The SMILES string of the molecule is Cc1cc(NC(C)c2ccc(Cl)cc2)ccn1. The molecular weight excluding hydrogens is 232 g/mol.